The van der Waals surface area contributed by atoms with Crippen molar-refractivity contribution < 1.29 is 27.4 Å². The number of carbonyl (C=O) groups is 3. The quantitative estimate of drug-likeness (QED) is 0.294. The first-order chi connectivity index (χ1) is 20.4. The highest BCUT2D eigenvalue weighted by Crippen LogP contribution is 2.43. The summed E-state index contributed by atoms with van der Waals surface area (Å²) in [7, 11) is 4.37. The number of amides is 1. The minimum atomic E-state index is -1.27. The maximum absolute atomic E-state index is 13.6. The van der Waals surface area contributed by atoms with Crippen LogP contribution in [0.5, 0.6) is 0 Å². The number of aromatic nitrogens is 3. The van der Waals surface area contributed by atoms with Crippen molar-refractivity contribution in [1.82, 2.24) is 19.4 Å². The summed E-state index contributed by atoms with van der Waals surface area (Å²) in [6.07, 6.45) is 1.24. The molecule has 3 aromatic rings. The van der Waals surface area contributed by atoms with Crippen LogP contribution in [-0.4, -0.2) is 67.6 Å². The number of hydrogen-bond donors (Lipinski definition) is 4. The zero-order valence-corrected chi connectivity index (χ0v) is 24.4. The first kappa shape index (κ1) is 24.9. The second kappa shape index (κ2) is 11.1. The molecule has 11 nitrogen and oxygen atoms in total. The van der Waals surface area contributed by atoms with Crippen molar-refractivity contribution in [3.05, 3.63) is 56.5 Å². The molecule has 0 radical (unpaired) electrons. The van der Waals surface area contributed by atoms with Crippen LogP contribution in [-0.2, 0) is 22.1 Å². The van der Waals surface area contributed by atoms with Gasteiger partial charge in [0.1, 0.15) is 11.7 Å². The van der Waals surface area contributed by atoms with Gasteiger partial charge >= 0.3 is 11.9 Å². The summed E-state index contributed by atoms with van der Waals surface area (Å²) in [5.74, 6) is -3.34. The Morgan fingerprint density at radius 1 is 1.25 bits per heavy atom. The molecule has 3 atom stereocenters. The van der Waals surface area contributed by atoms with Crippen molar-refractivity contribution in [2.75, 3.05) is 19.4 Å². The number of carboxylic acid groups (broad SMARTS) is 2. The number of rotatable bonds is 10. The molecule has 4 N–H and O–H groups in total. The molecule has 216 valence electrons. The molecule has 1 aromatic carbocycles. The number of benzene rings is 1. The Bertz CT molecular complexity index is 1640. The van der Waals surface area contributed by atoms with Crippen molar-refractivity contribution in [2.24, 2.45) is 13.0 Å². The van der Waals surface area contributed by atoms with Crippen LogP contribution in [0.25, 0.3) is 13.9 Å². The van der Waals surface area contributed by atoms with Crippen LogP contribution < -0.4 is 10.9 Å². The maximum Gasteiger partial charge on any atom is 0.326 e. The van der Waals surface area contributed by atoms with Gasteiger partial charge in [-0.2, -0.15) is 4.98 Å². The van der Waals surface area contributed by atoms with Crippen LogP contribution in [0.2, 0.25) is 2.82 Å². The van der Waals surface area contributed by atoms with E-state index in [9.17, 15) is 19.2 Å². The Morgan fingerprint density at radius 2 is 1.88 bits per heavy atom. The summed E-state index contributed by atoms with van der Waals surface area (Å²) in [5, 5.41) is 9.38. The third kappa shape index (κ3) is 5.32. The molecule has 2 aromatic heterocycles. The summed E-state index contributed by atoms with van der Waals surface area (Å²) in [6, 6.07) is 2.13. The van der Waals surface area contributed by atoms with Crippen molar-refractivity contribution >= 4 is 34.8 Å². The molecule has 0 spiro atoms. The fourth-order valence-electron chi connectivity index (χ4n) is 5.64. The van der Waals surface area contributed by atoms with Crippen LogP contribution in [0.1, 0.15) is 72.6 Å². The highest BCUT2D eigenvalue weighted by Gasteiger charge is 2.36. The second-order valence-corrected chi connectivity index (χ2v) is 11.1. The van der Waals surface area contributed by atoms with Crippen molar-refractivity contribution in [1.29, 1.82) is 2.86 Å². The Kier molecular flexibility index (Phi) is 6.93. The molecular weight excluding hydrogens is 514 g/mol. The molecule has 0 aliphatic rings. The molecule has 0 aliphatic carbocycles. The lowest BCUT2D eigenvalue weighted by Crippen LogP contribution is -2.47. The van der Waals surface area contributed by atoms with E-state index in [1.807, 2.05) is 34.6 Å². The predicted octanol–water partition coefficient (Wildman–Crippen LogP) is 3.64. The smallest absolute Gasteiger partial charge is 0.326 e. The van der Waals surface area contributed by atoms with Gasteiger partial charge in [0, 0.05) is 32.9 Å². The van der Waals surface area contributed by atoms with E-state index in [1.54, 1.807) is 18.3 Å². The lowest BCUT2D eigenvalue weighted by atomic mass is 9.69. The molecule has 3 rings (SSSR count). The van der Waals surface area contributed by atoms with Gasteiger partial charge in [-0.25, -0.2) is 4.79 Å². The van der Waals surface area contributed by atoms with Gasteiger partial charge in [0.05, 0.1) is 11.8 Å². The number of anilines is 1. The SMILES string of the molecule is [2H]OC(=O)CC(C)[C@@H](C(=O)O[2H])N(C)C(=O)c1cc(C)c(C(C)C(C)(C)c2cn([2H])c3nc(N([2H])C)n(C)c(=O)c23)c(C)c1. The van der Waals surface area contributed by atoms with Crippen LogP contribution >= 0.6 is 0 Å². The number of likely N-dealkylation sites (N-methyl/N-ethyl adjacent to an activating group) is 1. The summed E-state index contributed by atoms with van der Waals surface area (Å²) in [6.45, 7) is 11.2. The van der Waals surface area contributed by atoms with Crippen molar-refractivity contribution in [3.8, 4) is 0 Å². The number of aromatic amines is 1. The number of nitrogens with one attached hydrogen (secondary N) is 2. The first-order valence-electron chi connectivity index (χ1n) is 14.7. The Balaban J connectivity index is 2.05. The van der Waals surface area contributed by atoms with Crippen LogP contribution in [0.4, 0.5) is 5.95 Å². The number of H-pyrrole nitrogens is 1. The first-order valence-corrected chi connectivity index (χ1v) is 13.0. The molecule has 2 heterocycles. The molecule has 40 heavy (non-hydrogen) atoms. The van der Waals surface area contributed by atoms with Gasteiger partial charge in [-0.05, 0) is 65.5 Å². The monoisotopic (exact) mass is 557 g/mol. The van der Waals surface area contributed by atoms with Crippen LogP contribution in [0.3, 0.4) is 0 Å². The maximum atomic E-state index is 13.6. The fourth-order valence-corrected chi connectivity index (χ4v) is 5.64. The fraction of sp³-hybridized carbons (Fsp3) is 0.483. The zero-order valence-electron chi connectivity index (χ0n) is 28.4. The van der Waals surface area contributed by atoms with E-state index >= 15 is 0 Å². The van der Waals surface area contributed by atoms with Gasteiger partial charge in [0.25, 0.3) is 14.3 Å². The minimum Gasteiger partial charge on any atom is -0.481 e. The summed E-state index contributed by atoms with van der Waals surface area (Å²) >= 11 is 0. The molecule has 1 amide bonds. The average molecular weight is 558 g/mol. The average Bonchev–Trinajstić information content (AvgIpc) is 3.30. The zero-order chi connectivity index (χ0) is 33.4. The summed E-state index contributed by atoms with van der Waals surface area (Å²) < 4.78 is 31.5. The normalized spacial score (nSPS) is 15.2. The Hall–Kier alpha value is -4.15. The molecule has 11 heteroatoms. The van der Waals surface area contributed by atoms with Crippen LogP contribution in [0.15, 0.2) is 23.1 Å². The topological polar surface area (TPSA) is 158 Å². The Morgan fingerprint density at radius 3 is 2.42 bits per heavy atom. The van der Waals surface area contributed by atoms with E-state index < -0.39 is 35.2 Å². The summed E-state index contributed by atoms with van der Waals surface area (Å²) in [5.41, 5.74) is 2.50. The highest BCUT2D eigenvalue weighted by molar-refractivity contribution is 5.97. The van der Waals surface area contributed by atoms with Crippen LogP contribution in [0, 0.1) is 19.8 Å². The second-order valence-electron chi connectivity index (χ2n) is 11.1. The molecule has 0 bridgehead atoms. The molecule has 0 saturated carbocycles. The van der Waals surface area contributed by atoms with Crippen molar-refractivity contribution in [2.45, 2.75) is 65.3 Å². The third-order valence-corrected chi connectivity index (χ3v) is 8.09. The van der Waals surface area contributed by atoms with Crippen molar-refractivity contribution in [3.63, 3.8) is 0 Å². The number of aliphatic carboxylic acids is 2. The van der Waals surface area contributed by atoms with E-state index in [0.29, 0.717) is 10.9 Å². The number of hydrogen-bond acceptors (Lipinski definition) is 8. The van der Waals surface area contributed by atoms with Gasteiger partial charge in [0.15, 0.2) is 2.82 Å². The van der Waals surface area contributed by atoms with E-state index in [4.69, 9.17) is 5.69 Å². The van der Waals surface area contributed by atoms with Gasteiger partial charge in [0.2, 0.25) is 5.95 Å². The number of carbonyl (C=O) groups excluding carboxylic acids is 1. The van der Waals surface area contributed by atoms with E-state index in [0.717, 1.165) is 31.9 Å². The van der Waals surface area contributed by atoms with Gasteiger partial charge in [-0.1, -0.05) is 27.7 Å². The number of nitrogens with zero attached hydrogens (tertiary/aromatic N) is 3. The van der Waals surface area contributed by atoms with Gasteiger partial charge in [-0.15, -0.1) is 0 Å². The Labute approximate surface area is 239 Å². The van der Waals surface area contributed by atoms with Gasteiger partial charge < -0.3 is 25.4 Å². The number of fused-ring (bicyclic) bond motifs is 1. The van der Waals surface area contributed by atoms with E-state index in [-0.39, 0.29) is 35.1 Å². The van der Waals surface area contributed by atoms with Gasteiger partial charge in [-0.3, -0.25) is 19.0 Å². The minimum absolute atomic E-state index is 0.104. The molecule has 0 aliphatic heterocycles. The largest absolute Gasteiger partial charge is 0.481 e. The molecule has 2 unspecified atom stereocenters. The summed E-state index contributed by atoms with van der Waals surface area (Å²) in [4.78, 5) is 57.7. The lowest BCUT2D eigenvalue weighted by Gasteiger charge is -2.34. The lowest BCUT2D eigenvalue weighted by molar-refractivity contribution is -0.145. The van der Waals surface area contributed by atoms with E-state index in [2.05, 4.69) is 15.2 Å². The molecule has 0 saturated heterocycles. The predicted molar refractivity (Wildman–Crippen MR) is 153 cm³/mol. The highest BCUT2D eigenvalue weighted by atomic mass is 16.4. The van der Waals surface area contributed by atoms with E-state index in [1.165, 1.54) is 32.6 Å². The third-order valence-electron chi connectivity index (χ3n) is 8.09. The number of aryl methyl sites for hydroxylation is 2. The number of carboxylic acids is 2. The molecular formula is C29H39N5O6. The standard InChI is InChI=1S/C29H39N5O6/c1-14-10-18(25(37)33(8)23(27(39)40)16(3)12-20(35)36)11-15(2)21(14)17(4)29(5,6)19-13-31-24-22(19)26(38)34(9)28(30-7)32-24/h10-11,13,16-17,23,31H,12H2,1-9H3,(H,30,32)(H,35,36)(H,39,40)/t16?,17?,23-/m0/s1/i/hD4. The molecule has 0 fully saturated rings.